The zero-order valence-electron chi connectivity index (χ0n) is 15.4. The van der Waals surface area contributed by atoms with Gasteiger partial charge in [0.25, 0.3) is 0 Å². The highest BCUT2D eigenvalue weighted by atomic mass is 19.1. The number of hydrogen-bond donors (Lipinski definition) is 2. The second kappa shape index (κ2) is 8.14. The number of amides is 1. The molecular weight excluding hydrogens is 335 g/mol. The second-order valence-electron chi connectivity index (χ2n) is 6.96. The molecule has 1 heterocycles. The number of aromatic amines is 1. The lowest BCUT2D eigenvalue weighted by atomic mass is 9.83. The van der Waals surface area contributed by atoms with Crippen LogP contribution in [0.15, 0.2) is 18.2 Å². The highest BCUT2D eigenvalue weighted by Crippen LogP contribution is 2.27. The van der Waals surface area contributed by atoms with Gasteiger partial charge in [-0.2, -0.15) is 0 Å². The Kier molecular flexibility index (Phi) is 5.88. The van der Waals surface area contributed by atoms with Gasteiger partial charge in [-0.15, -0.1) is 0 Å². The summed E-state index contributed by atoms with van der Waals surface area (Å²) in [6.45, 7) is 3.21. The van der Waals surface area contributed by atoms with Crippen molar-refractivity contribution in [2.24, 2.45) is 11.7 Å². The lowest BCUT2D eigenvalue weighted by Crippen LogP contribution is -2.47. The molecule has 2 aromatic rings. The van der Waals surface area contributed by atoms with Crippen molar-refractivity contribution >= 4 is 16.9 Å². The number of methoxy groups -OCH3 is 1. The van der Waals surface area contributed by atoms with Gasteiger partial charge in [-0.05, 0) is 44.4 Å². The van der Waals surface area contributed by atoms with Crippen LogP contribution in [-0.2, 0) is 16.0 Å². The van der Waals surface area contributed by atoms with Crippen LogP contribution >= 0.6 is 0 Å². The van der Waals surface area contributed by atoms with Gasteiger partial charge in [0.2, 0.25) is 5.91 Å². The predicted molar refractivity (Wildman–Crippen MR) is 98.1 cm³/mol. The van der Waals surface area contributed by atoms with Crippen LogP contribution in [0.5, 0.6) is 0 Å². The summed E-state index contributed by atoms with van der Waals surface area (Å²) in [6, 6.07) is 4.40. The number of carbonyl (C=O) groups excluding carboxylic acids is 1. The highest BCUT2D eigenvalue weighted by molar-refractivity contribution is 5.79. The minimum Gasteiger partial charge on any atom is -0.380 e. The number of halogens is 1. The van der Waals surface area contributed by atoms with Gasteiger partial charge in [-0.1, -0.05) is 0 Å². The summed E-state index contributed by atoms with van der Waals surface area (Å²) in [5.41, 5.74) is 7.55. The lowest BCUT2D eigenvalue weighted by molar-refractivity contribution is -0.137. The van der Waals surface area contributed by atoms with E-state index in [-0.39, 0.29) is 29.8 Å². The van der Waals surface area contributed by atoms with Crippen LogP contribution in [0, 0.1) is 11.7 Å². The first-order chi connectivity index (χ1) is 12.5. The molecule has 1 aromatic carbocycles. The number of imidazole rings is 1. The number of carbonyl (C=O) groups is 1. The molecule has 1 aliphatic rings. The molecule has 1 aromatic heterocycles. The van der Waals surface area contributed by atoms with Gasteiger partial charge in [0.05, 0.1) is 17.1 Å². The van der Waals surface area contributed by atoms with E-state index in [1.165, 1.54) is 12.1 Å². The number of benzene rings is 1. The van der Waals surface area contributed by atoms with Gasteiger partial charge in [0, 0.05) is 38.6 Å². The zero-order chi connectivity index (χ0) is 18.7. The van der Waals surface area contributed by atoms with Gasteiger partial charge >= 0.3 is 0 Å². The summed E-state index contributed by atoms with van der Waals surface area (Å²) in [5, 5.41) is 0. The molecule has 1 aliphatic carbocycles. The van der Waals surface area contributed by atoms with E-state index < -0.39 is 0 Å². The van der Waals surface area contributed by atoms with E-state index in [9.17, 15) is 9.18 Å². The van der Waals surface area contributed by atoms with Crippen LogP contribution < -0.4 is 5.73 Å². The van der Waals surface area contributed by atoms with E-state index in [0.29, 0.717) is 31.4 Å². The number of aromatic nitrogens is 2. The minimum atomic E-state index is -0.291. The molecule has 142 valence electrons. The van der Waals surface area contributed by atoms with E-state index in [2.05, 4.69) is 9.97 Å². The molecular formula is C19H27FN4O2. The Balaban J connectivity index is 1.60. The number of nitrogens with two attached hydrogens (primary N) is 1. The molecule has 0 aliphatic heterocycles. The van der Waals surface area contributed by atoms with E-state index in [1.807, 2.05) is 11.8 Å². The summed E-state index contributed by atoms with van der Waals surface area (Å²) < 4.78 is 18.7. The van der Waals surface area contributed by atoms with E-state index in [0.717, 1.165) is 24.2 Å². The monoisotopic (exact) mass is 362 g/mol. The number of fused-ring (bicyclic) bond motifs is 1. The third kappa shape index (κ3) is 4.04. The average Bonchev–Trinajstić information content (AvgIpc) is 3.03. The van der Waals surface area contributed by atoms with Gasteiger partial charge in [0.15, 0.2) is 0 Å². The van der Waals surface area contributed by atoms with Crippen LogP contribution in [0.4, 0.5) is 4.39 Å². The Hall–Kier alpha value is -1.99. The molecule has 3 rings (SSSR count). The second-order valence-corrected chi connectivity index (χ2v) is 6.96. The Morgan fingerprint density at radius 2 is 2.27 bits per heavy atom. The maximum atomic E-state index is 13.3. The normalized spacial score (nSPS) is 23.3. The molecule has 0 unspecified atom stereocenters. The Morgan fingerprint density at radius 1 is 1.46 bits per heavy atom. The first kappa shape index (κ1) is 18.8. The van der Waals surface area contributed by atoms with Crippen LogP contribution in [0.25, 0.3) is 11.0 Å². The van der Waals surface area contributed by atoms with Gasteiger partial charge in [-0.25, -0.2) is 9.37 Å². The van der Waals surface area contributed by atoms with E-state index >= 15 is 0 Å². The highest BCUT2D eigenvalue weighted by Gasteiger charge is 2.33. The van der Waals surface area contributed by atoms with Crippen molar-refractivity contribution in [1.82, 2.24) is 14.9 Å². The van der Waals surface area contributed by atoms with E-state index in [4.69, 9.17) is 10.5 Å². The molecule has 0 radical (unpaired) electrons. The summed E-state index contributed by atoms with van der Waals surface area (Å²) in [6.07, 6.45) is 2.95. The van der Waals surface area contributed by atoms with Gasteiger partial charge < -0.3 is 20.4 Å². The Morgan fingerprint density at radius 3 is 2.96 bits per heavy atom. The topological polar surface area (TPSA) is 84.2 Å². The van der Waals surface area contributed by atoms with Crippen LogP contribution in [0.2, 0.25) is 0 Å². The molecule has 1 amide bonds. The number of ether oxygens (including phenoxy) is 1. The molecule has 3 atom stereocenters. The van der Waals surface area contributed by atoms with Crippen molar-refractivity contribution in [2.45, 2.75) is 44.8 Å². The average molecular weight is 362 g/mol. The summed E-state index contributed by atoms with van der Waals surface area (Å²) in [4.78, 5) is 22.3. The Bertz CT molecular complexity index is 763. The smallest absolute Gasteiger partial charge is 0.225 e. The minimum absolute atomic E-state index is 0.0406. The molecule has 0 spiro atoms. The van der Waals surface area contributed by atoms with Crippen molar-refractivity contribution in [3.05, 3.63) is 29.8 Å². The SMILES string of the molecule is CCN(CCc1nc2ccc(F)cc2[nH]1)C(=O)[C@H]1CC[C@@H](OC)[C@H](N)C1. The molecule has 0 bridgehead atoms. The van der Waals surface area contributed by atoms with Crippen LogP contribution in [-0.4, -0.2) is 53.1 Å². The first-order valence-corrected chi connectivity index (χ1v) is 9.23. The van der Waals surface area contributed by atoms with E-state index in [1.54, 1.807) is 13.2 Å². The fraction of sp³-hybridized carbons (Fsp3) is 0.579. The Labute approximate surface area is 152 Å². The number of nitrogens with zero attached hydrogens (tertiary/aromatic N) is 2. The fourth-order valence-electron chi connectivity index (χ4n) is 3.77. The van der Waals surface area contributed by atoms with Gasteiger partial charge in [0.1, 0.15) is 11.6 Å². The number of nitrogens with one attached hydrogen (secondary N) is 1. The number of rotatable bonds is 6. The first-order valence-electron chi connectivity index (χ1n) is 9.23. The van der Waals surface area contributed by atoms with Crippen molar-refractivity contribution in [2.75, 3.05) is 20.2 Å². The molecule has 3 N–H and O–H groups in total. The molecule has 6 nitrogen and oxygen atoms in total. The molecule has 1 fully saturated rings. The summed E-state index contributed by atoms with van der Waals surface area (Å²) >= 11 is 0. The third-order valence-electron chi connectivity index (χ3n) is 5.29. The largest absolute Gasteiger partial charge is 0.380 e. The molecule has 7 heteroatoms. The lowest BCUT2D eigenvalue weighted by Gasteiger charge is -2.34. The van der Waals surface area contributed by atoms with Crippen molar-refractivity contribution < 1.29 is 13.9 Å². The number of likely N-dealkylation sites (N-methyl/N-ethyl adjacent to an activating group) is 1. The summed E-state index contributed by atoms with van der Waals surface area (Å²) in [5.74, 6) is 0.582. The predicted octanol–water partition coefficient (Wildman–Crippen LogP) is 2.24. The number of H-pyrrole nitrogens is 1. The van der Waals surface area contributed by atoms with Crippen LogP contribution in [0.3, 0.4) is 0 Å². The van der Waals surface area contributed by atoms with Gasteiger partial charge in [-0.3, -0.25) is 4.79 Å². The van der Waals surface area contributed by atoms with Crippen molar-refractivity contribution in [3.63, 3.8) is 0 Å². The quantitative estimate of drug-likeness (QED) is 0.825. The maximum Gasteiger partial charge on any atom is 0.225 e. The molecule has 26 heavy (non-hydrogen) atoms. The third-order valence-corrected chi connectivity index (χ3v) is 5.29. The molecule has 0 saturated heterocycles. The fourth-order valence-corrected chi connectivity index (χ4v) is 3.77. The molecule has 1 saturated carbocycles. The van der Waals surface area contributed by atoms with Crippen LogP contribution in [0.1, 0.15) is 32.0 Å². The standard InChI is InChI=1S/C19H27FN4O2/c1-3-24(19(25)12-4-7-17(26-2)14(21)10-12)9-8-18-22-15-6-5-13(20)11-16(15)23-18/h5-6,11-12,14,17H,3-4,7-10,21H2,1-2H3,(H,22,23)/t12-,14+,17+/m0/s1. The number of hydrogen-bond acceptors (Lipinski definition) is 4. The van der Waals surface area contributed by atoms with Crippen molar-refractivity contribution in [3.8, 4) is 0 Å². The summed E-state index contributed by atoms with van der Waals surface area (Å²) in [7, 11) is 1.67. The zero-order valence-corrected chi connectivity index (χ0v) is 15.4. The van der Waals surface area contributed by atoms with Crippen molar-refractivity contribution in [1.29, 1.82) is 0 Å². The maximum absolute atomic E-state index is 13.3.